The molecule has 3 heterocycles. The van der Waals surface area contributed by atoms with Crippen LogP contribution in [-0.2, 0) is 6.54 Å². The van der Waals surface area contributed by atoms with E-state index in [1.807, 2.05) is 54.0 Å². The van der Waals surface area contributed by atoms with Crippen LogP contribution in [0.1, 0.15) is 27.4 Å². The highest BCUT2D eigenvalue weighted by atomic mass is 35.5. The molecule has 3 aromatic heterocycles. The fraction of sp³-hybridized carbons (Fsp3) is 0.0870. The Bertz CT molecular complexity index is 1440. The molecule has 0 fully saturated rings. The van der Waals surface area contributed by atoms with Gasteiger partial charge in [0.25, 0.3) is 17.6 Å². The summed E-state index contributed by atoms with van der Waals surface area (Å²) in [5.74, 6) is -0.478. The average Bonchev–Trinajstić information content (AvgIpc) is 3.39. The first kappa shape index (κ1) is 20.4. The summed E-state index contributed by atoms with van der Waals surface area (Å²) in [5.41, 5.74) is 3.57. The molecule has 0 N–H and O–H groups in total. The number of hydrogen-bond acceptors (Lipinski definition) is 6. The number of halogens is 2. The zero-order chi connectivity index (χ0) is 22.2. The lowest BCUT2D eigenvalue weighted by Crippen LogP contribution is -2.04. The lowest BCUT2D eigenvalue weighted by Gasteiger charge is -2.08. The predicted molar refractivity (Wildman–Crippen MR) is 121 cm³/mol. The molecule has 0 aliphatic heterocycles. The number of rotatable bonds is 5. The molecule has 0 bridgehead atoms. The van der Waals surface area contributed by atoms with Gasteiger partial charge in [0.05, 0.1) is 11.1 Å². The van der Waals surface area contributed by atoms with Crippen molar-refractivity contribution in [1.82, 2.24) is 24.7 Å². The Hall–Kier alpha value is -3.55. The second-order valence-electron chi connectivity index (χ2n) is 7.24. The van der Waals surface area contributed by atoms with Gasteiger partial charge in [-0.3, -0.25) is 4.79 Å². The van der Waals surface area contributed by atoms with Crippen molar-refractivity contribution in [2.75, 3.05) is 0 Å². The van der Waals surface area contributed by atoms with Gasteiger partial charge in [-0.2, -0.15) is 0 Å². The van der Waals surface area contributed by atoms with Crippen LogP contribution in [0.15, 0.2) is 65.5 Å². The molecule has 0 saturated carbocycles. The molecule has 0 spiro atoms. The van der Waals surface area contributed by atoms with Gasteiger partial charge in [0.1, 0.15) is 17.2 Å². The normalized spacial score (nSPS) is 11.2. The van der Waals surface area contributed by atoms with E-state index in [1.54, 1.807) is 12.3 Å². The Morgan fingerprint density at radius 3 is 2.62 bits per heavy atom. The van der Waals surface area contributed by atoms with Crippen molar-refractivity contribution in [3.63, 3.8) is 0 Å². The summed E-state index contributed by atoms with van der Waals surface area (Å²) < 4.78 is 7.50. The lowest BCUT2D eigenvalue weighted by atomic mass is 10.1. The zero-order valence-electron chi connectivity index (χ0n) is 16.8. The molecule has 0 aliphatic rings. The number of nitrogens with zero attached hydrogens (tertiary/aromatic N) is 5. The highest BCUT2D eigenvalue weighted by molar-refractivity contribution is 6.36. The third kappa shape index (κ3) is 3.66. The number of ketones is 1. The maximum atomic E-state index is 13.4. The van der Waals surface area contributed by atoms with E-state index in [0.29, 0.717) is 28.0 Å². The molecule has 0 atom stereocenters. The van der Waals surface area contributed by atoms with Crippen molar-refractivity contribution in [2.45, 2.75) is 13.5 Å². The Morgan fingerprint density at radius 2 is 1.88 bits per heavy atom. The molecule has 0 unspecified atom stereocenters. The van der Waals surface area contributed by atoms with Crippen molar-refractivity contribution in [2.24, 2.45) is 0 Å². The molecule has 158 valence electrons. The predicted octanol–water partition coefficient (Wildman–Crippen LogP) is 5.38. The fourth-order valence-corrected chi connectivity index (χ4v) is 3.99. The molecule has 32 heavy (non-hydrogen) atoms. The number of aromatic nitrogens is 5. The van der Waals surface area contributed by atoms with Crippen LogP contribution in [0.2, 0.25) is 10.2 Å². The molecule has 0 amide bonds. The summed E-state index contributed by atoms with van der Waals surface area (Å²) in [6.07, 6.45) is 2.92. The van der Waals surface area contributed by atoms with Gasteiger partial charge in [0.2, 0.25) is 0 Å². The van der Waals surface area contributed by atoms with Crippen molar-refractivity contribution in [3.8, 4) is 11.6 Å². The van der Waals surface area contributed by atoms with Crippen molar-refractivity contribution in [1.29, 1.82) is 0 Å². The maximum Gasteiger partial charge on any atom is 0.289 e. The Labute approximate surface area is 192 Å². The molecule has 5 aromatic rings. The van der Waals surface area contributed by atoms with Crippen LogP contribution in [0, 0.1) is 6.92 Å². The minimum absolute atomic E-state index is 0.132. The maximum absolute atomic E-state index is 13.4. The monoisotopic (exact) mass is 463 g/mol. The van der Waals surface area contributed by atoms with Crippen molar-refractivity contribution in [3.05, 3.63) is 93.8 Å². The van der Waals surface area contributed by atoms with E-state index in [-0.39, 0.29) is 11.8 Å². The summed E-state index contributed by atoms with van der Waals surface area (Å²) in [6, 6.07) is 15.0. The first-order valence-corrected chi connectivity index (χ1v) is 10.4. The molecular weight excluding hydrogens is 449 g/mol. The van der Waals surface area contributed by atoms with E-state index in [0.717, 1.165) is 22.0 Å². The molecule has 7 nitrogen and oxygen atoms in total. The Morgan fingerprint density at radius 1 is 1.06 bits per heavy atom. The molecule has 9 heteroatoms. The minimum Gasteiger partial charge on any atom is -0.412 e. The van der Waals surface area contributed by atoms with Crippen LogP contribution < -0.4 is 0 Å². The molecular formula is C23H15Cl2N5O2. The van der Waals surface area contributed by atoms with Gasteiger partial charge in [-0.15, -0.1) is 10.2 Å². The van der Waals surface area contributed by atoms with E-state index < -0.39 is 5.78 Å². The molecule has 0 aliphatic carbocycles. The molecule has 5 rings (SSSR count). The summed E-state index contributed by atoms with van der Waals surface area (Å²) in [4.78, 5) is 21.3. The number of carbonyl (C=O) groups excluding carboxylic acids is 1. The molecule has 2 aromatic carbocycles. The number of hydrogen-bond donors (Lipinski definition) is 0. The fourth-order valence-electron chi connectivity index (χ4n) is 3.52. The van der Waals surface area contributed by atoms with E-state index in [1.165, 1.54) is 6.33 Å². The van der Waals surface area contributed by atoms with Gasteiger partial charge in [-0.05, 0) is 42.8 Å². The van der Waals surface area contributed by atoms with Gasteiger partial charge in [-0.1, -0.05) is 47.0 Å². The highest BCUT2D eigenvalue weighted by Crippen LogP contribution is 2.33. The second kappa shape index (κ2) is 8.18. The molecule has 0 radical (unpaired) electrons. The SMILES string of the molecule is Cc1ccc2c(c1)c(C(=O)c1nnc(-c3ccncn3)o1)c(Cl)n2Cc1ccc(Cl)cc1. The topological polar surface area (TPSA) is 86.7 Å². The zero-order valence-corrected chi connectivity index (χ0v) is 18.3. The van der Waals surface area contributed by atoms with E-state index in [4.69, 9.17) is 27.6 Å². The van der Waals surface area contributed by atoms with Gasteiger partial charge >= 0.3 is 0 Å². The largest absolute Gasteiger partial charge is 0.412 e. The van der Waals surface area contributed by atoms with Crippen LogP contribution in [0.5, 0.6) is 0 Å². The van der Waals surface area contributed by atoms with E-state index in [2.05, 4.69) is 20.2 Å². The van der Waals surface area contributed by atoms with Crippen LogP contribution in [-0.4, -0.2) is 30.5 Å². The van der Waals surface area contributed by atoms with Crippen molar-refractivity contribution < 1.29 is 9.21 Å². The second-order valence-corrected chi connectivity index (χ2v) is 8.03. The lowest BCUT2D eigenvalue weighted by molar-refractivity contribution is 0.100. The number of aryl methyl sites for hydroxylation is 1. The minimum atomic E-state index is -0.451. The first-order valence-electron chi connectivity index (χ1n) is 9.68. The van der Waals surface area contributed by atoms with Crippen LogP contribution in [0.4, 0.5) is 0 Å². The summed E-state index contributed by atoms with van der Waals surface area (Å²) >= 11 is 12.8. The quantitative estimate of drug-likeness (QED) is 0.325. The van der Waals surface area contributed by atoms with Crippen LogP contribution in [0.3, 0.4) is 0 Å². The van der Waals surface area contributed by atoms with E-state index in [9.17, 15) is 4.79 Å². The van der Waals surface area contributed by atoms with E-state index >= 15 is 0 Å². The van der Waals surface area contributed by atoms with Crippen LogP contribution in [0.25, 0.3) is 22.5 Å². The number of carbonyl (C=O) groups is 1. The third-order valence-corrected chi connectivity index (χ3v) is 5.70. The summed E-state index contributed by atoms with van der Waals surface area (Å²) in [6.45, 7) is 2.43. The van der Waals surface area contributed by atoms with Gasteiger partial charge in [0.15, 0.2) is 0 Å². The summed E-state index contributed by atoms with van der Waals surface area (Å²) in [7, 11) is 0. The van der Waals surface area contributed by atoms with Crippen molar-refractivity contribution >= 4 is 39.9 Å². The van der Waals surface area contributed by atoms with Gasteiger partial charge in [-0.25, -0.2) is 9.97 Å². The van der Waals surface area contributed by atoms with Crippen LogP contribution >= 0.6 is 23.2 Å². The Balaban J connectivity index is 1.60. The summed E-state index contributed by atoms with van der Waals surface area (Å²) in [5, 5.41) is 9.56. The van der Waals surface area contributed by atoms with Gasteiger partial charge < -0.3 is 8.98 Å². The van der Waals surface area contributed by atoms with Gasteiger partial charge in [0, 0.05) is 23.2 Å². The molecule has 0 saturated heterocycles. The highest BCUT2D eigenvalue weighted by Gasteiger charge is 2.27. The smallest absolute Gasteiger partial charge is 0.289 e. The average molecular weight is 464 g/mol. The number of fused-ring (bicyclic) bond motifs is 1. The first-order chi connectivity index (χ1) is 15.5. The standard InChI is InChI=1S/C23H15Cl2N5O2/c1-13-2-7-18-16(10-13)19(21(25)30(18)11-14-3-5-15(24)6-4-14)20(31)23-29-28-22(32-23)17-8-9-26-12-27-17/h2-10,12H,11H2,1H3. The third-order valence-electron chi connectivity index (χ3n) is 5.06. The number of benzene rings is 2. The Kier molecular flexibility index (Phi) is 5.20.